The molecule has 2 nitrogen and oxygen atoms in total. The Labute approximate surface area is 108 Å². The van der Waals surface area contributed by atoms with Crippen LogP contribution in [0, 0.1) is 0 Å². The number of unbranched alkanes of at least 4 members (excludes halogenated alkanes) is 8. The van der Waals surface area contributed by atoms with E-state index in [0.717, 1.165) is 12.8 Å². The van der Waals surface area contributed by atoms with Gasteiger partial charge in [-0.1, -0.05) is 71.6 Å². The van der Waals surface area contributed by atoms with E-state index < -0.39 is 0 Å². The maximum Gasteiger partial charge on any atom is 0.0611 e. The molecule has 0 saturated carbocycles. The first-order valence-electron chi connectivity index (χ1n) is 7.58. The van der Waals surface area contributed by atoms with Gasteiger partial charge in [-0.15, -0.1) is 0 Å². The van der Waals surface area contributed by atoms with Crippen LogP contribution in [0.4, 0.5) is 0 Å². The third-order valence-corrected chi connectivity index (χ3v) is 3.80. The van der Waals surface area contributed by atoms with Crippen LogP contribution in [0.1, 0.15) is 84.5 Å². The fourth-order valence-corrected chi connectivity index (χ4v) is 2.16. The Hall–Kier alpha value is -0.0800. The summed E-state index contributed by atoms with van der Waals surface area (Å²) in [5, 5.41) is 9.18. The van der Waals surface area contributed by atoms with Gasteiger partial charge < -0.3 is 10.8 Å². The summed E-state index contributed by atoms with van der Waals surface area (Å²) in [7, 11) is 0. The molecule has 0 rings (SSSR count). The molecule has 1 unspecified atom stereocenters. The Bertz CT molecular complexity index is 155. The van der Waals surface area contributed by atoms with Crippen LogP contribution in [-0.4, -0.2) is 17.3 Å². The Balaban J connectivity index is 3.23. The summed E-state index contributed by atoms with van der Waals surface area (Å²) >= 11 is 0. The van der Waals surface area contributed by atoms with Gasteiger partial charge >= 0.3 is 0 Å². The molecule has 0 aromatic carbocycles. The van der Waals surface area contributed by atoms with Gasteiger partial charge in [0.2, 0.25) is 0 Å². The van der Waals surface area contributed by atoms with Gasteiger partial charge in [-0.2, -0.15) is 0 Å². The molecule has 1 atom stereocenters. The van der Waals surface area contributed by atoms with Gasteiger partial charge in [0.1, 0.15) is 0 Å². The SMILES string of the molecule is CCCCCCCCCCCC(N)(CC)CO. The van der Waals surface area contributed by atoms with Gasteiger partial charge in [-0.05, 0) is 12.8 Å². The van der Waals surface area contributed by atoms with Crippen molar-refractivity contribution in [2.45, 2.75) is 90.0 Å². The fraction of sp³-hybridized carbons (Fsp3) is 1.00. The van der Waals surface area contributed by atoms with E-state index in [0.29, 0.717) is 0 Å². The second kappa shape index (κ2) is 11.0. The maximum absolute atomic E-state index is 9.18. The number of rotatable bonds is 12. The first-order valence-corrected chi connectivity index (χ1v) is 7.58. The lowest BCUT2D eigenvalue weighted by Gasteiger charge is -2.25. The van der Waals surface area contributed by atoms with Crippen molar-refractivity contribution in [1.29, 1.82) is 0 Å². The van der Waals surface area contributed by atoms with Crippen LogP contribution >= 0.6 is 0 Å². The normalized spacial score (nSPS) is 14.8. The molecule has 2 heteroatoms. The van der Waals surface area contributed by atoms with Crippen molar-refractivity contribution in [2.24, 2.45) is 5.73 Å². The van der Waals surface area contributed by atoms with E-state index in [-0.39, 0.29) is 12.1 Å². The average molecular weight is 243 g/mol. The van der Waals surface area contributed by atoms with Crippen LogP contribution < -0.4 is 5.73 Å². The lowest BCUT2D eigenvalue weighted by molar-refractivity contribution is 0.179. The Kier molecular flexibility index (Phi) is 11.0. The van der Waals surface area contributed by atoms with Crippen LogP contribution in [0.25, 0.3) is 0 Å². The van der Waals surface area contributed by atoms with E-state index in [1.54, 1.807) is 0 Å². The third-order valence-electron chi connectivity index (χ3n) is 3.80. The minimum atomic E-state index is -0.318. The summed E-state index contributed by atoms with van der Waals surface area (Å²) < 4.78 is 0. The van der Waals surface area contributed by atoms with Gasteiger partial charge in [0, 0.05) is 5.54 Å². The summed E-state index contributed by atoms with van der Waals surface area (Å²) in [6, 6.07) is 0. The van der Waals surface area contributed by atoms with Crippen molar-refractivity contribution in [3.05, 3.63) is 0 Å². The number of hydrogen-bond donors (Lipinski definition) is 2. The summed E-state index contributed by atoms with van der Waals surface area (Å²) in [6.45, 7) is 4.44. The van der Waals surface area contributed by atoms with Crippen LogP contribution in [0.5, 0.6) is 0 Å². The standard InChI is InChI=1S/C15H33NO/c1-3-5-6-7-8-9-10-11-12-13-15(16,4-2)14-17/h17H,3-14,16H2,1-2H3. The van der Waals surface area contributed by atoms with E-state index >= 15 is 0 Å². The molecule has 104 valence electrons. The highest BCUT2D eigenvalue weighted by atomic mass is 16.3. The quantitative estimate of drug-likeness (QED) is 0.509. The van der Waals surface area contributed by atoms with Crippen LogP contribution in [-0.2, 0) is 0 Å². The molecular weight excluding hydrogens is 210 g/mol. The molecule has 0 saturated heterocycles. The van der Waals surface area contributed by atoms with Crippen LogP contribution in [0.15, 0.2) is 0 Å². The maximum atomic E-state index is 9.18. The zero-order valence-corrected chi connectivity index (χ0v) is 12.0. The van der Waals surface area contributed by atoms with Gasteiger partial charge in [0.25, 0.3) is 0 Å². The van der Waals surface area contributed by atoms with Gasteiger partial charge in [-0.25, -0.2) is 0 Å². The second-order valence-corrected chi connectivity index (χ2v) is 5.45. The molecule has 0 fully saturated rings. The minimum Gasteiger partial charge on any atom is -0.394 e. The van der Waals surface area contributed by atoms with Crippen molar-refractivity contribution in [1.82, 2.24) is 0 Å². The third kappa shape index (κ3) is 9.61. The van der Waals surface area contributed by atoms with Gasteiger partial charge in [0.05, 0.1) is 6.61 Å². The van der Waals surface area contributed by atoms with Crippen molar-refractivity contribution in [3.8, 4) is 0 Å². The molecule has 0 aliphatic carbocycles. The summed E-state index contributed by atoms with van der Waals surface area (Å²) in [5.41, 5.74) is 5.72. The van der Waals surface area contributed by atoms with Gasteiger partial charge in [0.15, 0.2) is 0 Å². The molecule has 17 heavy (non-hydrogen) atoms. The minimum absolute atomic E-state index is 0.126. The van der Waals surface area contributed by atoms with Crippen LogP contribution in [0.2, 0.25) is 0 Å². The number of aliphatic hydroxyl groups excluding tert-OH is 1. The predicted molar refractivity (Wildman–Crippen MR) is 76.1 cm³/mol. The largest absolute Gasteiger partial charge is 0.394 e. The van der Waals surface area contributed by atoms with E-state index in [9.17, 15) is 5.11 Å². The highest BCUT2D eigenvalue weighted by Gasteiger charge is 2.20. The molecule has 0 aliphatic rings. The zero-order valence-electron chi connectivity index (χ0n) is 12.0. The molecule has 0 aromatic rings. The first kappa shape index (κ1) is 16.9. The topological polar surface area (TPSA) is 46.2 Å². The van der Waals surface area contributed by atoms with Crippen molar-refractivity contribution in [2.75, 3.05) is 6.61 Å². The van der Waals surface area contributed by atoms with Gasteiger partial charge in [-0.3, -0.25) is 0 Å². The first-order chi connectivity index (χ1) is 8.18. The smallest absolute Gasteiger partial charge is 0.0611 e. The van der Waals surface area contributed by atoms with E-state index in [2.05, 4.69) is 13.8 Å². The summed E-state index contributed by atoms with van der Waals surface area (Å²) in [5.74, 6) is 0. The van der Waals surface area contributed by atoms with Crippen molar-refractivity contribution < 1.29 is 5.11 Å². The second-order valence-electron chi connectivity index (χ2n) is 5.45. The molecule has 0 aromatic heterocycles. The van der Waals surface area contributed by atoms with Crippen LogP contribution in [0.3, 0.4) is 0 Å². The number of hydrogen-bond acceptors (Lipinski definition) is 2. The number of nitrogens with two attached hydrogens (primary N) is 1. The zero-order chi connectivity index (χ0) is 13.0. The summed E-state index contributed by atoms with van der Waals surface area (Å²) in [4.78, 5) is 0. The summed E-state index contributed by atoms with van der Waals surface area (Å²) in [6.07, 6.45) is 13.9. The molecule has 0 radical (unpaired) electrons. The van der Waals surface area contributed by atoms with E-state index in [4.69, 9.17) is 5.73 Å². The lowest BCUT2D eigenvalue weighted by Crippen LogP contribution is -2.42. The van der Waals surface area contributed by atoms with Crippen molar-refractivity contribution >= 4 is 0 Å². The monoisotopic (exact) mass is 243 g/mol. The molecule has 0 bridgehead atoms. The highest BCUT2D eigenvalue weighted by Crippen LogP contribution is 2.17. The highest BCUT2D eigenvalue weighted by molar-refractivity contribution is 4.81. The van der Waals surface area contributed by atoms with E-state index in [1.807, 2.05) is 0 Å². The predicted octanol–water partition coefficient (Wildman–Crippen LogP) is 4.01. The molecule has 0 aliphatic heterocycles. The Morgan fingerprint density at radius 3 is 1.71 bits per heavy atom. The number of aliphatic hydroxyl groups is 1. The fourth-order valence-electron chi connectivity index (χ4n) is 2.16. The molecule has 0 heterocycles. The van der Waals surface area contributed by atoms with E-state index in [1.165, 1.54) is 57.8 Å². The molecule has 3 N–H and O–H groups in total. The molecular formula is C15H33NO. The Morgan fingerprint density at radius 2 is 1.29 bits per heavy atom. The average Bonchev–Trinajstić information content (AvgIpc) is 2.36. The lowest BCUT2D eigenvalue weighted by atomic mass is 9.91. The van der Waals surface area contributed by atoms with Crippen molar-refractivity contribution in [3.63, 3.8) is 0 Å². The molecule has 0 spiro atoms. The molecule has 0 amide bonds. The Morgan fingerprint density at radius 1 is 0.824 bits per heavy atom.